The Bertz CT molecular complexity index is 1040. The highest BCUT2D eigenvalue weighted by Gasteiger charge is 2.29. The first-order valence-corrected chi connectivity index (χ1v) is 11.5. The molecule has 3 rings (SSSR count). The minimum atomic E-state index is -0.751. The largest absolute Gasteiger partial charge is 0.490 e. The summed E-state index contributed by atoms with van der Waals surface area (Å²) in [7, 11) is 1.31. The molecule has 0 aromatic heterocycles. The van der Waals surface area contributed by atoms with Crippen LogP contribution in [0, 0.1) is 10.1 Å². The molecular formula is C24H28ClN3O6. The Morgan fingerprint density at radius 3 is 2.59 bits per heavy atom. The Morgan fingerprint density at radius 2 is 1.94 bits per heavy atom. The van der Waals surface area contributed by atoms with Crippen molar-refractivity contribution in [3.63, 3.8) is 0 Å². The van der Waals surface area contributed by atoms with Crippen LogP contribution in [0.3, 0.4) is 0 Å². The Hall–Kier alpha value is -3.33. The Labute approximate surface area is 203 Å². The molecule has 34 heavy (non-hydrogen) atoms. The summed E-state index contributed by atoms with van der Waals surface area (Å²) >= 11 is 6.30. The highest BCUT2D eigenvalue weighted by Crippen LogP contribution is 2.31. The number of rotatable bonds is 10. The van der Waals surface area contributed by atoms with Crippen molar-refractivity contribution in [3.8, 4) is 11.5 Å². The van der Waals surface area contributed by atoms with E-state index in [4.69, 9.17) is 21.1 Å². The van der Waals surface area contributed by atoms with Crippen LogP contribution in [-0.2, 0) is 16.1 Å². The number of nitro benzene ring substituents is 1. The SMILES string of the molecule is COc1cc(OCC(=O)N(Cc2ccccc2Cl)[C@H](C)C(=O)NC2CCCC2)ccc1[N+](=O)[O-]. The van der Waals surface area contributed by atoms with Crippen LogP contribution in [0.1, 0.15) is 38.2 Å². The first-order chi connectivity index (χ1) is 16.3. The number of amides is 2. The minimum Gasteiger partial charge on any atom is -0.490 e. The number of methoxy groups -OCH3 is 1. The summed E-state index contributed by atoms with van der Waals surface area (Å²) in [5, 5.41) is 14.6. The fraction of sp³-hybridized carbons (Fsp3) is 0.417. The molecule has 0 radical (unpaired) electrons. The van der Waals surface area contributed by atoms with Crippen molar-refractivity contribution in [2.24, 2.45) is 0 Å². The van der Waals surface area contributed by atoms with Crippen LogP contribution < -0.4 is 14.8 Å². The molecule has 10 heteroatoms. The van der Waals surface area contributed by atoms with Crippen molar-refractivity contribution in [1.29, 1.82) is 0 Å². The monoisotopic (exact) mass is 489 g/mol. The number of carbonyl (C=O) groups excluding carboxylic acids is 2. The Morgan fingerprint density at radius 1 is 1.24 bits per heavy atom. The second kappa shape index (κ2) is 11.7. The summed E-state index contributed by atoms with van der Waals surface area (Å²) in [6.45, 7) is 1.44. The average molecular weight is 490 g/mol. The predicted octanol–water partition coefficient (Wildman–Crippen LogP) is 4.11. The standard InChI is InChI=1S/C24H28ClN3O6/c1-16(24(30)26-18-8-4-5-9-18)27(14-17-7-3-6-10-20(17)25)23(29)15-34-19-11-12-21(28(31)32)22(13-19)33-2/h3,6-7,10-13,16,18H,4-5,8-9,14-15H2,1-2H3,(H,26,30)/t16-/m1/s1. The summed E-state index contributed by atoms with van der Waals surface area (Å²) in [5.74, 6) is -0.403. The summed E-state index contributed by atoms with van der Waals surface area (Å²) < 4.78 is 10.6. The summed E-state index contributed by atoms with van der Waals surface area (Å²) in [4.78, 5) is 38.0. The van der Waals surface area contributed by atoms with E-state index in [9.17, 15) is 19.7 Å². The number of nitrogens with zero attached hydrogens (tertiary/aromatic N) is 2. The zero-order valence-corrected chi connectivity index (χ0v) is 19.9. The summed E-state index contributed by atoms with van der Waals surface area (Å²) in [5.41, 5.74) is 0.494. The Kier molecular flexibility index (Phi) is 8.70. The molecule has 1 fully saturated rings. The van der Waals surface area contributed by atoms with Gasteiger partial charge in [0.1, 0.15) is 11.8 Å². The van der Waals surface area contributed by atoms with Gasteiger partial charge in [-0.05, 0) is 37.5 Å². The molecule has 1 saturated carbocycles. The van der Waals surface area contributed by atoms with E-state index in [1.54, 1.807) is 25.1 Å². The summed E-state index contributed by atoms with van der Waals surface area (Å²) in [6.07, 6.45) is 4.02. The van der Waals surface area contributed by atoms with Crippen LogP contribution in [0.25, 0.3) is 0 Å². The normalized spacial score (nSPS) is 14.3. The minimum absolute atomic E-state index is 0.0205. The zero-order valence-electron chi connectivity index (χ0n) is 19.2. The molecule has 0 aliphatic heterocycles. The molecule has 1 atom stereocenters. The molecular weight excluding hydrogens is 462 g/mol. The maximum Gasteiger partial charge on any atom is 0.311 e. The second-order valence-corrected chi connectivity index (χ2v) is 8.57. The van der Waals surface area contributed by atoms with Gasteiger partial charge in [0.05, 0.1) is 12.0 Å². The van der Waals surface area contributed by atoms with Gasteiger partial charge < -0.3 is 19.7 Å². The van der Waals surface area contributed by atoms with E-state index in [-0.39, 0.29) is 42.3 Å². The van der Waals surface area contributed by atoms with Gasteiger partial charge in [0.15, 0.2) is 6.61 Å². The van der Waals surface area contributed by atoms with Crippen LogP contribution in [0.4, 0.5) is 5.69 Å². The lowest BCUT2D eigenvalue weighted by Gasteiger charge is -2.30. The van der Waals surface area contributed by atoms with E-state index in [1.165, 1.54) is 30.2 Å². The molecule has 2 aromatic carbocycles. The molecule has 0 heterocycles. The van der Waals surface area contributed by atoms with Crippen molar-refractivity contribution in [2.45, 2.75) is 51.2 Å². The molecule has 2 amide bonds. The lowest BCUT2D eigenvalue weighted by Crippen LogP contribution is -2.50. The summed E-state index contributed by atoms with van der Waals surface area (Å²) in [6, 6.07) is 10.5. The van der Waals surface area contributed by atoms with Crippen molar-refractivity contribution in [2.75, 3.05) is 13.7 Å². The molecule has 0 unspecified atom stereocenters. The van der Waals surface area contributed by atoms with Gasteiger partial charge in [0, 0.05) is 29.7 Å². The third-order valence-electron chi connectivity index (χ3n) is 5.88. The van der Waals surface area contributed by atoms with Crippen molar-refractivity contribution >= 4 is 29.1 Å². The second-order valence-electron chi connectivity index (χ2n) is 8.16. The van der Waals surface area contributed by atoms with E-state index in [0.717, 1.165) is 25.7 Å². The van der Waals surface area contributed by atoms with Gasteiger partial charge in [-0.15, -0.1) is 0 Å². The predicted molar refractivity (Wildman–Crippen MR) is 127 cm³/mol. The topological polar surface area (TPSA) is 111 Å². The maximum absolute atomic E-state index is 13.2. The highest BCUT2D eigenvalue weighted by atomic mass is 35.5. The van der Waals surface area contributed by atoms with Crippen LogP contribution in [0.15, 0.2) is 42.5 Å². The van der Waals surface area contributed by atoms with E-state index in [2.05, 4.69) is 5.32 Å². The van der Waals surface area contributed by atoms with E-state index >= 15 is 0 Å². The van der Waals surface area contributed by atoms with Crippen molar-refractivity contribution in [1.82, 2.24) is 10.2 Å². The average Bonchev–Trinajstić information content (AvgIpc) is 3.34. The van der Waals surface area contributed by atoms with Gasteiger partial charge in [-0.3, -0.25) is 19.7 Å². The van der Waals surface area contributed by atoms with E-state index in [1.807, 2.05) is 6.07 Å². The number of hydrogen-bond acceptors (Lipinski definition) is 6. The molecule has 182 valence electrons. The molecule has 2 aromatic rings. The zero-order chi connectivity index (χ0) is 24.7. The van der Waals surface area contributed by atoms with E-state index in [0.29, 0.717) is 10.6 Å². The molecule has 1 N–H and O–H groups in total. The van der Waals surface area contributed by atoms with Crippen molar-refractivity contribution in [3.05, 3.63) is 63.2 Å². The quantitative estimate of drug-likeness (QED) is 0.397. The number of nitrogens with one attached hydrogen (secondary N) is 1. The van der Waals surface area contributed by atoms with Gasteiger partial charge >= 0.3 is 5.69 Å². The first kappa shape index (κ1) is 25.3. The molecule has 1 aliphatic rings. The number of ether oxygens (including phenoxy) is 2. The van der Waals surface area contributed by atoms with Crippen LogP contribution in [-0.4, -0.2) is 47.4 Å². The lowest BCUT2D eigenvalue weighted by molar-refractivity contribution is -0.385. The van der Waals surface area contributed by atoms with Gasteiger partial charge in [0.2, 0.25) is 11.7 Å². The van der Waals surface area contributed by atoms with Gasteiger partial charge in [-0.2, -0.15) is 0 Å². The van der Waals surface area contributed by atoms with Gasteiger partial charge in [-0.25, -0.2) is 0 Å². The van der Waals surface area contributed by atoms with Gasteiger partial charge in [-0.1, -0.05) is 42.6 Å². The molecule has 0 spiro atoms. The van der Waals surface area contributed by atoms with Crippen LogP contribution in [0.5, 0.6) is 11.5 Å². The first-order valence-electron chi connectivity index (χ1n) is 11.1. The number of nitro groups is 1. The van der Waals surface area contributed by atoms with Crippen LogP contribution in [0.2, 0.25) is 5.02 Å². The number of hydrogen-bond donors (Lipinski definition) is 1. The molecule has 1 aliphatic carbocycles. The van der Waals surface area contributed by atoms with E-state index < -0.39 is 16.9 Å². The highest BCUT2D eigenvalue weighted by molar-refractivity contribution is 6.31. The van der Waals surface area contributed by atoms with Gasteiger partial charge in [0.25, 0.3) is 5.91 Å². The maximum atomic E-state index is 13.2. The fourth-order valence-corrected chi connectivity index (χ4v) is 4.11. The fourth-order valence-electron chi connectivity index (χ4n) is 3.91. The van der Waals surface area contributed by atoms with Crippen LogP contribution >= 0.6 is 11.6 Å². The Balaban J connectivity index is 1.75. The third kappa shape index (κ3) is 6.38. The molecule has 0 bridgehead atoms. The molecule has 0 saturated heterocycles. The lowest BCUT2D eigenvalue weighted by atomic mass is 10.1. The molecule has 9 nitrogen and oxygen atoms in total. The number of halogens is 1. The number of benzene rings is 2. The van der Waals surface area contributed by atoms with Crippen molar-refractivity contribution < 1.29 is 24.0 Å². The number of carbonyl (C=O) groups is 2. The third-order valence-corrected chi connectivity index (χ3v) is 6.25. The smallest absolute Gasteiger partial charge is 0.311 e.